The summed E-state index contributed by atoms with van der Waals surface area (Å²) in [6.45, 7) is 4.66. The molecule has 2 heterocycles. The van der Waals surface area contributed by atoms with Gasteiger partial charge in [0, 0.05) is 24.9 Å². The lowest BCUT2D eigenvalue weighted by atomic mass is 10.0. The molecule has 2 aromatic rings. The predicted molar refractivity (Wildman–Crippen MR) is 108 cm³/mol. The zero-order valence-corrected chi connectivity index (χ0v) is 16.4. The van der Waals surface area contributed by atoms with Crippen LogP contribution in [0.1, 0.15) is 25.3 Å². The summed E-state index contributed by atoms with van der Waals surface area (Å²) in [6.07, 6.45) is 5.53. The van der Waals surface area contributed by atoms with Crippen molar-refractivity contribution >= 4 is 23.5 Å². The van der Waals surface area contributed by atoms with Gasteiger partial charge in [-0.3, -0.25) is 14.7 Å². The Labute approximate surface area is 164 Å². The highest BCUT2D eigenvalue weighted by molar-refractivity contribution is 7.98. The first kappa shape index (κ1) is 19.6. The van der Waals surface area contributed by atoms with Crippen molar-refractivity contribution in [2.24, 2.45) is 0 Å². The van der Waals surface area contributed by atoms with Gasteiger partial charge < -0.3 is 10.0 Å². The zero-order valence-electron chi connectivity index (χ0n) is 15.6. The number of hydrogen-bond donors (Lipinski definition) is 1. The largest absolute Gasteiger partial charge is 0.480 e. The lowest BCUT2D eigenvalue weighted by Crippen LogP contribution is -2.46. The van der Waals surface area contributed by atoms with E-state index in [1.165, 1.54) is 5.56 Å². The second-order valence-electron chi connectivity index (χ2n) is 6.66. The summed E-state index contributed by atoms with van der Waals surface area (Å²) >= 11 is 1.69. The Kier molecular flexibility index (Phi) is 7.06. The van der Waals surface area contributed by atoms with E-state index in [1.807, 2.05) is 37.5 Å². The Balaban J connectivity index is 1.56. The monoisotopic (exact) mass is 386 g/mol. The van der Waals surface area contributed by atoms with Gasteiger partial charge in [-0.2, -0.15) is 0 Å². The highest BCUT2D eigenvalue weighted by Crippen LogP contribution is 2.25. The van der Waals surface area contributed by atoms with Gasteiger partial charge in [0.25, 0.3) is 0 Å². The maximum atomic E-state index is 11.0. The van der Waals surface area contributed by atoms with Crippen LogP contribution < -0.4 is 4.90 Å². The molecule has 0 spiro atoms. The van der Waals surface area contributed by atoms with Gasteiger partial charge in [0.2, 0.25) is 0 Å². The Morgan fingerprint density at radius 3 is 2.67 bits per heavy atom. The van der Waals surface area contributed by atoms with Crippen LogP contribution in [0.15, 0.2) is 47.8 Å². The second-order valence-corrected chi connectivity index (χ2v) is 7.66. The number of benzene rings is 1. The minimum atomic E-state index is -0.756. The molecule has 1 aliphatic heterocycles. The Morgan fingerprint density at radius 2 is 2.00 bits per heavy atom. The normalized spacial score (nSPS) is 15.3. The zero-order chi connectivity index (χ0) is 19.1. The predicted octanol–water partition coefficient (Wildman–Crippen LogP) is 3.14. The molecule has 1 N–H and O–H groups in total. The molecule has 1 aromatic carbocycles. The highest BCUT2D eigenvalue weighted by atomic mass is 32.2. The molecule has 3 rings (SSSR count). The molecule has 0 aliphatic carbocycles. The highest BCUT2D eigenvalue weighted by Gasteiger charge is 2.25. The fourth-order valence-electron chi connectivity index (χ4n) is 3.42. The average molecular weight is 387 g/mol. The van der Waals surface area contributed by atoms with Gasteiger partial charge in [0.1, 0.15) is 10.8 Å². The number of anilines is 1. The van der Waals surface area contributed by atoms with Crippen molar-refractivity contribution in [1.82, 2.24) is 14.9 Å². The van der Waals surface area contributed by atoms with Crippen LogP contribution in [0.3, 0.4) is 0 Å². The van der Waals surface area contributed by atoms with E-state index in [9.17, 15) is 4.79 Å². The molecule has 0 saturated carbocycles. The van der Waals surface area contributed by atoms with Gasteiger partial charge >= 0.3 is 5.97 Å². The molecule has 144 valence electrons. The number of aliphatic carboxylic acids is 1. The van der Waals surface area contributed by atoms with Gasteiger partial charge in [-0.15, -0.1) is 11.8 Å². The summed E-state index contributed by atoms with van der Waals surface area (Å²) in [5, 5.41) is 10.00. The number of carbonyl (C=O) groups is 1. The number of carboxylic acid groups (broad SMARTS) is 1. The van der Waals surface area contributed by atoms with E-state index in [2.05, 4.69) is 26.9 Å². The van der Waals surface area contributed by atoms with Crippen molar-refractivity contribution < 1.29 is 9.90 Å². The molecular weight excluding hydrogens is 360 g/mol. The number of thioether (sulfide) groups is 1. The molecule has 7 heteroatoms. The maximum Gasteiger partial charge on any atom is 0.317 e. The number of carboxylic acids is 1. The van der Waals surface area contributed by atoms with Crippen LogP contribution in [-0.2, 0) is 10.5 Å². The number of piperidine rings is 1. The Bertz CT molecular complexity index is 736. The van der Waals surface area contributed by atoms with E-state index >= 15 is 0 Å². The molecule has 0 amide bonds. The van der Waals surface area contributed by atoms with Crippen molar-refractivity contribution in [1.29, 1.82) is 0 Å². The van der Waals surface area contributed by atoms with E-state index in [0.717, 1.165) is 49.1 Å². The first-order valence-corrected chi connectivity index (χ1v) is 10.3. The molecule has 1 aliphatic rings. The average Bonchev–Trinajstić information content (AvgIpc) is 2.71. The Morgan fingerprint density at radius 1 is 1.26 bits per heavy atom. The van der Waals surface area contributed by atoms with Crippen LogP contribution in [0.25, 0.3) is 0 Å². The van der Waals surface area contributed by atoms with Gasteiger partial charge in [-0.05, 0) is 24.9 Å². The molecule has 1 fully saturated rings. The number of aromatic nitrogens is 2. The minimum Gasteiger partial charge on any atom is -0.480 e. The summed E-state index contributed by atoms with van der Waals surface area (Å²) in [5.74, 6) is 1.03. The molecule has 27 heavy (non-hydrogen) atoms. The van der Waals surface area contributed by atoms with E-state index in [0.29, 0.717) is 6.04 Å². The fourth-order valence-corrected chi connectivity index (χ4v) is 4.23. The topological polar surface area (TPSA) is 69.6 Å². The lowest BCUT2D eigenvalue weighted by Gasteiger charge is -2.37. The van der Waals surface area contributed by atoms with Crippen LogP contribution in [0.4, 0.5) is 5.82 Å². The first-order valence-electron chi connectivity index (χ1n) is 9.35. The van der Waals surface area contributed by atoms with Crippen LogP contribution in [0.2, 0.25) is 0 Å². The van der Waals surface area contributed by atoms with Crippen LogP contribution in [-0.4, -0.2) is 58.2 Å². The molecule has 0 bridgehead atoms. The van der Waals surface area contributed by atoms with Crippen molar-refractivity contribution in [3.63, 3.8) is 0 Å². The minimum absolute atomic E-state index is 0.118. The van der Waals surface area contributed by atoms with Crippen LogP contribution in [0.5, 0.6) is 0 Å². The quantitative estimate of drug-likeness (QED) is 0.699. The number of nitrogens with zero attached hydrogens (tertiary/aromatic N) is 4. The lowest BCUT2D eigenvalue weighted by molar-refractivity contribution is -0.139. The third kappa shape index (κ3) is 5.68. The maximum absolute atomic E-state index is 11.0. The summed E-state index contributed by atoms with van der Waals surface area (Å²) in [5.41, 5.74) is 1.27. The SMILES string of the molecule is CCN(CC(=O)O)C1CCN(c2cncc(SCc3ccccc3)n2)CC1. The molecule has 1 saturated heterocycles. The van der Waals surface area contributed by atoms with E-state index in [4.69, 9.17) is 10.1 Å². The van der Waals surface area contributed by atoms with Crippen molar-refractivity contribution in [2.75, 3.05) is 31.1 Å². The van der Waals surface area contributed by atoms with E-state index < -0.39 is 5.97 Å². The summed E-state index contributed by atoms with van der Waals surface area (Å²) in [7, 11) is 0. The van der Waals surface area contributed by atoms with Crippen molar-refractivity contribution in [3.05, 3.63) is 48.3 Å². The summed E-state index contributed by atoms with van der Waals surface area (Å²) in [4.78, 5) is 24.5. The van der Waals surface area contributed by atoms with Gasteiger partial charge in [-0.25, -0.2) is 4.98 Å². The van der Waals surface area contributed by atoms with Crippen molar-refractivity contribution in [2.45, 2.75) is 36.6 Å². The molecular formula is C20H26N4O2S. The molecule has 6 nitrogen and oxygen atoms in total. The molecule has 0 unspecified atom stereocenters. The van der Waals surface area contributed by atoms with Gasteiger partial charge in [0.15, 0.2) is 0 Å². The van der Waals surface area contributed by atoms with E-state index in [-0.39, 0.29) is 6.54 Å². The number of likely N-dealkylation sites (N-methyl/N-ethyl adjacent to an activating group) is 1. The standard InChI is InChI=1S/C20H26N4O2S/c1-2-23(14-20(25)26)17-8-10-24(11-9-17)18-12-21-13-19(22-18)27-15-16-6-4-3-5-7-16/h3-7,12-13,17H,2,8-11,14-15H2,1H3,(H,25,26). The van der Waals surface area contributed by atoms with Crippen LogP contribution in [0, 0.1) is 0 Å². The van der Waals surface area contributed by atoms with E-state index in [1.54, 1.807) is 11.8 Å². The summed E-state index contributed by atoms with van der Waals surface area (Å²) < 4.78 is 0. The first-order chi connectivity index (χ1) is 13.2. The van der Waals surface area contributed by atoms with Crippen LogP contribution >= 0.6 is 11.8 Å². The fraction of sp³-hybridized carbons (Fsp3) is 0.450. The molecule has 0 atom stereocenters. The summed E-state index contributed by atoms with van der Waals surface area (Å²) in [6, 6.07) is 10.7. The van der Waals surface area contributed by atoms with Crippen molar-refractivity contribution in [3.8, 4) is 0 Å². The third-order valence-electron chi connectivity index (χ3n) is 4.88. The Hall–Kier alpha value is -2.12. The second kappa shape index (κ2) is 9.71. The number of rotatable bonds is 8. The van der Waals surface area contributed by atoms with Gasteiger partial charge in [0.05, 0.1) is 18.9 Å². The smallest absolute Gasteiger partial charge is 0.317 e. The third-order valence-corrected chi connectivity index (χ3v) is 5.85. The van der Waals surface area contributed by atoms with Gasteiger partial charge in [-0.1, -0.05) is 37.3 Å². The molecule has 1 aromatic heterocycles. The number of hydrogen-bond acceptors (Lipinski definition) is 6. The molecule has 0 radical (unpaired) electrons.